The van der Waals surface area contributed by atoms with Gasteiger partial charge in [0.15, 0.2) is 25.2 Å². The van der Waals surface area contributed by atoms with Crippen molar-refractivity contribution in [3.05, 3.63) is 23.3 Å². The largest absolute Gasteiger partial charge is 0.396 e. The Balaban J connectivity index is 0.973. The number of aliphatic hydroxyl groups excluding tert-OH is 13. The molecule has 4 saturated carbocycles. The highest BCUT2D eigenvalue weighted by Crippen LogP contribution is 2.75. The third kappa shape index (κ3) is 9.47. The average Bonchev–Trinajstić information content (AvgIpc) is 3.37. The highest BCUT2D eigenvalue weighted by atomic mass is 16.8. The number of rotatable bonds is 12. The molecule has 9 rings (SSSR count). The van der Waals surface area contributed by atoms with Crippen LogP contribution in [0.2, 0.25) is 0 Å². The molecule has 4 aliphatic heterocycles. The van der Waals surface area contributed by atoms with Gasteiger partial charge in [0.1, 0.15) is 85.5 Å². The molecule has 0 aromatic rings. The Labute approximate surface area is 439 Å². The van der Waals surface area contributed by atoms with Crippen molar-refractivity contribution >= 4 is 0 Å². The monoisotopic (exact) mass is 1070 g/mol. The number of ether oxygens (including phenoxy) is 8. The van der Waals surface area contributed by atoms with Crippen molar-refractivity contribution in [2.24, 2.45) is 44.3 Å². The molecule has 4 saturated heterocycles. The SMILES string of the molecule is CC1OC(OC2C(CO)OC(OC3C(C)OC(OC4CCC5(C)C6=CC=C7C8CC(C)(C)CCC8(CO)CCC7(C)C6(C)CCC5C4(C)CO)C(OC4OC(CO)C(O)C(O)C4O)C3O)C(O)C2O)C(O)C(O)C1O. The zero-order valence-electron chi connectivity index (χ0n) is 44.7. The molecular formula is C54H88O21. The lowest BCUT2D eigenvalue weighted by Crippen LogP contribution is -2.68. The smallest absolute Gasteiger partial charge is 0.187 e. The fourth-order valence-corrected chi connectivity index (χ4v) is 15.9. The Morgan fingerprint density at radius 1 is 0.493 bits per heavy atom. The van der Waals surface area contributed by atoms with Gasteiger partial charge in [0.25, 0.3) is 0 Å². The molecule has 4 heterocycles. The van der Waals surface area contributed by atoms with Crippen molar-refractivity contribution < 1.29 is 104 Å². The van der Waals surface area contributed by atoms with Gasteiger partial charge in [0.05, 0.1) is 38.1 Å². The van der Waals surface area contributed by atoms with Crippen molar-refractivity contribution in [2.45, 2.75) is 242 Å². The first kappa shape index (κ1) is 58.3. The van der Waals surface area contributed by atoms with Crippen molar-refractivity contribution in [3.8, 4) is 0 Å². The van der Waals surface area contributed by atoms with E-state index in [9.17, 15) is 66.4 Å². The van der Waals surface area contributed by atoms with Crippen LogP contribution < -0.4 is 0 Å². The summed E-state index contributed by atoms with van der Waals surface area (Å²) < 4.78 is 48.9. The van der Waals surface area contributed by atoms with Crippen molar-refractivity contribution in [1.29, 1.82) is 0 Å². The summed E-state index contributed by atoms with van der Waals surface area (Å²) in [6.07, 6.45) is -20.5. The van der Waals surface area contributed by atoms with Crippen LogP contribution in [-0.2, 0) is 37.9 Å². The molecule has 28 atom stereocenters. The van der Waals surface area contributed by atoms with Crippen molar-refractivity contribution in [1.82, 2.24) is 0 Å². The molecule has 0 bridgehead atoms. The quantitative estimate of drug-likeness (QED) is 0.108. The van der Waals surface area contributed by atoms with E-state index in [0.717, 1.165) is 44.9 Å². The number of allylic oxidation sites excluding steroid dienone is 4. The fraction of sp³-hybridized carbons (Fsp3) is 0.926. The predicted molar refractivity (Wildman–Crippen MR) is 261 cm³/mol. The van der Waals surface area contributed by atoms with Crippen LogP contribution in [0.4, 0.5) is 0 Å². The van der Waals surface area contributed by atoms with E-state index >= 15 is 0 Å². The minimum absolute atomic E-state index is 0.0937. The van der Waals surface area contributed by atoms with Crippen LogP contribution in [0.3, 0.4) is 0 Å². The molecule has 430 valence electrons. The van der Waals surface area contributed by atoms with Crippen LogP contribution in [0.25, 0.3) is 0 Å². The summed E-state index contributed by atoms with van der Waals surface area (Å²) in [5.41, 5.74) is 1.25. The highest BCUT2D eigenvalue weighted by molar-refractivity contribution is 5.46. The van der Waals surface area contributed by atoms with Gasteiger partial charge in [-0.15, -0.1) is 0 Å². The first-order valence-corrected chi connectivity index (χ1v) is 27.4. The summed E-state index contributed by atoms with van der Waals surface area (Å²) in [6.45, 7) is 15.2. The van der Waals surface area contributed by atoms with E-state index in [1.54, 1.807) is 6.92 Å². The summed E-state index contributed by atoms with van der Waals surface area (Å²) >= 11 is 0. The van der Waals surface area contributed by atoms with Gasteiger partial charge in [-0.05, 0) is 105 Å². The van der Waals surface area contributed by atoms with Gasteiger partial charge in [-0.3, -0.25) is 0 Å². The van der Waals surface area contributed by atoms with Gasteiger partial charge in [0, 0.05) is 17.4 Å². The molecule has 0 aromatic heterocycles. The lowest BCUT2D eigenvalue weighted by atomic mass is 9.36. The molecular weight excluding hydrogens is 985 g/mol. The third-order valence-electron chi connectivity index (χ3n) is 21.0. The first-order valence-electron chi connectivity index (χ1n) is 27.4. The van der Waals surface area contributed by atoms with Crippen LogP contribution in [0.5, 0.6) is 0 Å². The highest BCUT2D eigenvalue weighted by Gasteiger charge is 2.68. The second-order valence-corrected chi connectivity index (χ2v) is 25.7. The predicted octanol–water partition coefficient (Wildman–Crippen LogP) is -0.614. The molecule has 21 nitrogen and oxygen atoms in total. The second-order valence-electron chi connectivity index (χ2n) is 25.7. The molecule has 9 aliphatic rings. The maximum Gasteiger partial charge on any atom is 0.187 e. The van der Waals surface area contributed by atoms with E-state index in [1.807, 2.05) is 6.92 Å². The molecule has 0 spiro atoms. The van der Waals surface area contributed by atoms with Crippen LogP contribution in [0.15, 0.2) is 23.3 Å². The second kappa shape index (κ2) is 21.2. The summed E-state index contributed by atoms with van der Waals surface area (Å²) in [4.78, 5) is 0. The van der Waals surface area contributed by atoms with Gasteiger partial charge in [0.2, 0.25) is 0 Å². The van der Waals surface area contributed by atoms with Gasteiger partial charge in [-0.2, -0.15) is 0 Å². The standard InChI is InChI=1S/C54H88O21/c1-24-33(59)35(61)38(64)45(68-24)74-43-29(21-56)71-47(40(66)37(43)63)73-42-25(2)69-48(44(41(42)67)75-46-39(65)36(62)34(60)28(20-55)70-46)72-32-12-13-50(5)30(51(32,6)22-57)11-14-53(8)31(50)10-9-26-27-19-49(3,4)15-17-54(27,23-58)18-16-52(26,53)7/h9-10,24-25,27-30,32-48,55-67H,11-23H2,1-8H3. The maximum absolute atomic E-state index is 12.4. The maximum atomic E-state index is 12.4. The summed E-state index contributed by atoms with van der Waals surface area (Å²) in [6, 6.07) is 0. The van der Waals surface area contributed by atoms with E-state index in [-0.39, 0.29) is 52.1 Å². The Bertz CT molecular complexity index is 2070. The molecule has 28 unspecified atom stereocenters. The third-order valence-corrected chi connectivity index (χ3v) is 21.0. The Hall–Kier alpha value is -1.36. The van der Waals surface area contributed by atoms with Gasteiger partial charge in [-0.25, -0.2) is 0 Å². The number of aliphatic hydroxyl groups is 13. The van der Waals surface area contributed by atoms with E-state index in [0.29, 0.717) is 12.8 Å². The number of hydrogen-bond donors (Lipinski definition) is 13. The van der Waals surface area contributed by atoms with Crippen LogP contribution in [0, 0.1) is 44.3 Å². The summed E-state index contributed by atoms with van der Waals surface area (Å²) in [7, 11) is 0. The molecule has 0 radical (unpaired) electrons. The zero-order valence-corrected chi connectivity index (χ0v) is 44.7. The number of hydrogen-bond acceptors (Lipinski definition) is 21. The summed E-state index contributed by atoms with van der Waals surface area (Å²) in [5.74, 6) is 0.184. The fourth-order valence-electron chi connectivity index (χ4n) is 15.9. The molecule has 21 heteroatoms. The Kier molecular flexibility index (Phi) is 16.5. The lowest BCUT2D eigenvalue weighted by Gasteiger charge is -2.69. The Morgan fingerprint density at radius 2 is 1.07 bits per heavy atom. The Morgan fingerprint density at radius 3 is 1.71 bits per heavy atom. The molecule has 75 heavy (non-hydrogen) atoms. The first-order chi connectivity index (χ1) is 35.2. The molecule has 0 amide bonds. The molecule has 8 fully saturated rings. The van der Waals surface area contributed by atoms with E-state index in [2.05, 4.69) is 46.8 Å². The molecule has 5 aliphatic carbocycles. The van der Waals surface area contributed by atoms with Gasteiger partial charge >= 0.3 is 0 Å². The van der Waals surface area contributed by atoms with Crippen LogP contribution in [-0.4, -0.2) is 222 Å². The van der Waals surface area contributed by atoms with Crippen LogP contribution in [0.1, 0.15) is 113 Å². The summed E-state index contributed by atoms with van der Waals surface area (Å²) in [5, 5.41) is 142. The van der Waals surface area contributed by atoms with E-state index < -0.39 is 148 Å². The topological polar surface area (TPSA) is 337 Å². The molecule has 0 aromatic carbocycles. The van der Waals surface area contributed by atoms with E-state index in [1.165, 1.54) is 18.1 Å². The van der Waals surface area contributed by atoms with Gasteiger partial charge < -0.3 is 104 Å². The molecule has 13 N–H and O–H groups in total. The number of fused-ring (bicyclic) bond motifs is 7. The van der Waals surface area contributed by atoms with Crippen molar-refractivity contribution in [3.63, 3.8) is 0 Å². The average molecular weight is 1070 g/mol. The zero-order chi connectivity index (χ0) is 54.7. The van der Waals surface area contributed by atoms with E-state index in [4.69, 9.17) is 37.9 Å². The minimum atomic E-state index is -1.95. The normalized spacial score (nSPS) is 54.9. The van der Waals surface area contributed by atoms with Gasteiger partial charge in [-0.1, -0.05) is 64.8 Å². The van der Waals surface area contributed by atoms with Crippen LogP contribution >= 0.6 is 0 Å². The minimum Gasteiger partial charge on any atom is -0.396 e. The lowest BCUT2D eigenvalue weighted by molar-refractivity contribution is -0.397. The van der Waals surface area contributed by atoms with Crippen molar-refractivity contribution in [2.75, 3.05) is 26.4 Å².